The monoisotopic (exact) mass is 190 g/mol. The average molecular weight is 190 g/mol. The van der Waals surface area contributed by atoms with Crippen LogP contribution in [-0.4, -0.2) is 39.5 Å². The predicted octanol–water partition coefficient (Wildman–Crippen LogP) is 0.993. The van der Waals surface area contributed by atoms with Gasteiger partial charge in [0.25, 0.3) is 6.47 Å². The van der Waals surface area contributed by atoms with E-state index in [1.54, 1.807) is 0 Å². The van der Waals surface area contributed by atoms with Crippen molar-refractivity contribution in [1.82, 2.24) is 0 Å². The molecule has 0 heterocycles. The first kappa shape index (κ1) is 12.4. The third-order valence-electron chi connectivity index (χ3n) is 1.43. The maximum absolute atomic E-state index is 9.71. The summed E-state index contributed by atoms with van der Waals surface area (Å²) in [5.41, 5.74) is 0. The van der Waals surface area contributed by atoms with Gasteiger partial charge in [0, 0.05) is 6.61 Å². The zero-order chi connectivity index (χ0) is 9.78. The number of rotatable bonds is 10. The van der Waals surface area contributed by atoms with Gasteiger partial charge in [0.15, 0.2) is 0 Å². The lowest BCUT2D eigenvalue weighted by molar-refractivity contribution is -0.130. The van der Waals surface area contributed by atoms with Crippen molar-refractivity contribution >= 4 is 6.47 Å². The van der Waals surface area contributed by atoms with Crippen LogP contribution in [0, 0.1) is 0 Å². The van der Waals surface area contributed by atoms with E-state index in [2.05, 4.69) is 11.7 Å². The van der Waals surface area contributed by atoms with Crippen LogP contribution in [0.15, 0.2) is 0 Å². The van der Waals surface area contributed by atoms with Crippen molar-refractivity contribution in [3.63, 3.8) is 0 Å². The molecule has 0 saturated heterocycles. The fourth-order valence-electron chi connectivity index (χ4n) is 0.724. The Hall–Kier alpha value is -0.610. The molecular formula is C9H18O4. The molecule has 0 radical (unpaired) electrons. The van der Waals surface area contributed by atoms with E-state index in [4.69, 9.17) is 9.47 Å². The van der Waals surface area contributed by atoms with Gasteiger partial charge in [0.1, 0.15) is 6.61 Å². The van der Waals surface area contributed by atoms with E-state index in [-0.39, 0.29) is 0 Å². The van der Waals surface area contributed by atoms with Crippen molar-refractivity contribution in [2.75, 3.05) is 33.0 Å². The largest absolute Gasteiger partial charge is 0.465 e. The number of ether oxygens (including phenoxy) is 3. The number of hydrogen-bond acceptors (Lipinski definition) is 4. The summed E-state index contributed by atoms with van der Waals surface area (Å²) in [7, 11) is 0. The van der Waals surface area contributed by atoms with Gasteiger partial charge in [0.05, 0.1) is 19.8 Å². The zero-order valence-corrected chi connectivity index (χ0v) is 8.16. The Kier molecular flexibility index (Phi) is 10.9. The highest BCUT2D eigenvalue weighted by Crippen LogP contribution is 1.87. The van der Waals surface area contributed by atoms with Gasteiger partial charge < -0.3 is 14.2 Å². The normalized spacial score (nSPS) is 9.92. The third kappa shape index (κ3) is 11.4. The molecule has 0 amide bonds. The summed E-state index contributed by atoms with van der Waals surface area (Å²) in [5.74, 6) is 0. The molecule has 0 aliphatic heterocycles. The van der Waals surface area contributed by atoms with Crippen molar-refractivity contribution in [1.29, 1.82) is 0 Å². The Bertz CT molecular complexity index is 106. The maximum atomic E-state index is 9.71. The molecule has 0 spiro atoms. The molecule has 4 heteroatoms. The van der Waals surface area contributed by atoms with Crippen molar-refractivity contribution in [2.24, 2.45) is 0 Å². The van der Waals surface area contributed by atoms with Crippen molar-refractivity contribution in [3.05, 3.63) is 0 Å². The number of carbonyl (C=O) groups excluding carboxylic acids is 1. The molecule has 0 bridgehead atoms. The summed E-state index contributed by atoms with van der Waals surface area (Å²) in [6.07, 6.45) is 2.24. The minimum absolute atomic E-state index is 0.318. The number of hydrogen-bond donors (Lipinski definition) is 0. The van der Waals surface area contributed by atoms with Crippen LogP contribution >= 0.6 is 0 Å². The summed E-state index contributed by atoms with van der Waals surface area (Å²) in [6.45, 7) is 5.27. The quantitative estimate of drug-likeness (QED) is 0.380. The second kappa shape index (κ2) is 11.4. The van der Waals surface area contributed by atoms with E-state index in [0.29, 0.717) is 32.9 Å². The lowest BCUT2D eigenvalue weighted by atomic mass is 10.4. The minimum Gasteiger partial charge on any atom is -0.465 e. The lowest BCUT2D eigenvalue weighted by Crippen LogP contribution is -2.09. The first-order valence-corrected chi connectivity index (χ1v) is 4.62. The van der Waals surface area contributed by atoms with Crippen LogP contribution in [0.3, 0.4) is 0 Å². The second-order valence-corrected chi connectivity index (χ2v) is 2.55. The smallest absolute Gasteiger partial charge is 0.293 e. The molecule has 13 heavy (non-hydrogen) atoms. The van der Waals surface area contributed by atoms with Gasteiger partial charge in [-0.3, -0.25) is 4.79 Å². The van der Waals surface area contributed by atoms with Crippen molar-refractivity contribution < 1.29 is 19.0 Å². The van der Waals surface area contributed by atoms with Crippen molar-refractivity contribution in [2.45, 2.75) is 19.8 Å². The highest BCUT2D eigenvalue weighted by molar-refractivity contribution is 5.36. The minimum atomic E-state index is 0.318. The number of unbranched alkanes of at least 4 members (excludes halogenated alkanes) is 1. The van der Waals surface area contributed by atoms with Gasteiger partial charge in [0.2, 0.25) is 0 Å². The molecule has 0 saturated carbocycles. The lowest BCUT2D eigenvalue weighted by Gasteiger charge is -2.04. The van der Waals surface area contributed by atoms with Gasteiger partial charge in [-0.1, -0.05) is 13.3 Å². The third-order valence-corrected chi connectivity index (χ3v) is 1.43. The van der Waals surface area contributed by atoms with Crippen LogP contribution in [0.25, 0.3) is 0 Å². The van der Waals surface area contributed by atoms with Gasteiger partial charge in [-0.05, 0) is 6.42 Å². The molecule has 0 fully saturated rings. The standard InChI is InChI=1S/C9H18O4/c1-2-3-4-11-5-6-12-7-8-13-9-10/h9H,2-8H2,1H3. The first-order chi connectivity index (χ1) is 6.41. The molecule has 4 nitrogen and oxygen atoms in total. The summed E-state index contributed by atoms with van der Waals surface area (Å²) >= 11 is 0. The Morgan fingerprint density at radius 1 is 1.00 bits per heavy atom. The van der Waals surface area contributed by atoms with Crippen LogP contribution in [0.4, 0.5) is 0 Å². The molecule has 0 unspecified atom stereocenters. The Morgan fingerprint density at radius 3 is 2.23 bits per heavy atom. The summed E-state index contributed by atoms with van der Waals surface area (Å²) in [4.78, 5) is 9.71. The molecular weight excluding hydrogens is 172 g/mol. The topological polar surface area (TPSA) is 44.8 Å². The van der Waals surface area contributed by atoms with Crippen LogP contribution < -0.4 is 0 Å². The van der Waals surface area contributed by atoms with E-state index < -0.39 is 0 Å². The molecule has 0 aliphatic carbocycles. The van der Waals surface area contributed by atoms with Crippen LogP contribution in [0.2, 0.25) is 0 Å². The summed E-state index contributed by atoms with van der Waals surface area (Å²) in [6, 6.07) is 0. The fraction of sp³-hybridized carbons (Fsp3) is 0.889. The molecule has 0 rings (SSSR count). The van der Waals surface area contributed by atoms with Crippen molar-refractivity contribution in [3.8, 4) is 0 Å². The van der Waals surface area contributed by atoms with E-state index in [1.807, 2.05) is 0 Å². The van der Waals surface area contributed by atoms with Gasteiger partial charge in [-0.2, -0.15) is 0 Å². The van der Waals surface area contributed by atoms with Gasteiger partial charge >= 0.3 is 0 Å². The van der Waals surface area contributed by atoms with E-state index in [0.717, 1.165) is 19.4 Å². The van der Waals surface area contributed by atoms with E-state index in [9.17, 15) is 4.79 Å². The first-order valence-electron chi connectivity index (χ1n) is 4.62. The van der Waals surface area contributed by atoms with Gasteiger partial charge in [-0.15, -0.1) is 0 Å². The zero-order valence-electron chi connectivity index (χ0n) is 8.16. The Labute approximate surface area is 79.2 Å². The second-order valence-electron chi connectivity index (χ2n) is 2.55. The van der Waals surface area contributed by atoms with Crippen LogP contribution in [0.1, 0.15) is 19.8 Å². The fourth-order valence-corrected chi connectivity index (χ4v) is 0.724. The van der Waals surface area contributed by atoms with E-state index in [1.165, 1.54) is 0 Å². The average Bonchev–Trinajstić information content (AvgIpc) is 2.16. The number of carbonyl (C=O) groups is 1. The molecule has 0 N–H and O–H groups in total. The predicted molar refractivity (Wildman–Crippen MR) is 48.6 cm³/mol. The molecule has 0 aromatic rings. The maximum Gasteiger partial charge on any atom is 0.293 e. The Morgan fingerprint density at radius 2 is 1.62 bits per heavy atom. The molecule has 0 atom stereocenters. The van der Waals surface area contributed by atoms with Crippen LogP contribution in [0.5, 0.6) is 0 Å². The summed E-state index contributed by atoms with van der Waals surface area (Å²) in [5, 5.41) is 0. The van der Waals surface area contributed by atoms with Crippen LogP contribution in [-0.2, 0) is 19.0 Å². The molecule has 0 aromatic carbocycles. The highest BCUT2D eigenvalue weighted by Gasteiger charge is 1.89. The SMILES string of the molecule is CCCCOCCOCCOC=O. The Balaban J connectivity index is 2.79. The molecule has 0 aromatic heterocycles. The highest BCUT2D eigenvalue weighted by atomic mass is 16.6. The summed E-state index contributed by atoms with van der Waals surface area (Å²) < 4.78 is 14.8. The molecule has 0 aliphatic rings. The van der Waals surface area contributed by atoms with Gasteiger partial charge in [-0.25, -0.2) is 0 Å². The molecule has 78 valence electrons. The van der Waals surface area contributed by atoms with E-state index >= 15 is 0 Å².